The van der Waals surface area contributed by atoms with Gasteiger partial charge in [0, 0.05) is 16.9 Å². The number of unbranched alkanes of at least 4 members (excludes halogenated alkanes) is 3. The summed E-state index contributed by atoms with van der Waals surface area (Å²) >= 11 is 3.38. The van der Waals surface area contributed by atoms with Crippen molar-refractivity contribution in [2.45, 2.75) is 31.9 Å². The van der Waals surface area contributed by atoms with E-state index in [1.807, 2.05) is 0 Å². The first-order valence-electron chi connectivity index (χ1n) is 7.17. The van der Waals surface area contributed by atoms with Gasteiger partial charge in [-0.1, -0.05) is 28.8 Å². The lowest BCUT2D eigenvalue weighted by molar-refractivity contribution is -0.137. The van der Waals surface area contributed by atoms with Gasteiger partial charge in [-0.3, -0.25) is 4.98 Å². The van der Waals surface area contributed by atoms with Gasteiger partial charge < -0.3 is 4.74 Å². The molecule has 0 spiro atoms. The first-order valence-corrected chi connectivity index (χ1v) is 8.29. The summed E-state index contributed by atoms with van der Waals surface area (Å²) in [4.78, 5) is 4.00. The fraction of sp³-hybridized carbons (Fsp3) is 0.438. The van der Waals surface area contributed by atoms with Crippen LogP contribution in [0.15, 0.2) is 30.5 Å². The number of hydrogen-bond donors (Lipinski definition) is 0. The van der Waals surface area contributed by atoms with Crippen LogP contribution in [0.3, 0.4) is 0 Å². The van der Waals surface area contributed by atoms with Crippen molar-refractivity contribution in [2.75, 3.05) is 11.9 Å². The molecule has 0 fully saturated rings. The second-order valence-corrected chi connectivity index (χ2v) is 5.78. The predicted octanol–water partition coefficient (Wildman–Crippen LogP) is 5.59. The quantitative estimate of drug-likeness (QED) is 0.464. The SMILES string of the molecule is FC(F)(F)c1ccc2c(OCCCCCCBr)ccnc2c1. The van der Waals surface area contributed by atoms with Gasteiger partial charge in [0.1, 0.15) is 5.75 Å². The Morgan fingerprint density at radius 1 is 1.05 bits per heavy atom. The molecule has 0 aliphatic heterocycles. The molecule has 120 valence electrons. The summed E-state index contributed by atoms with van der Waals surface area (Å²) in [6, 6.07) is 5.23. The molecule has 2 rings (SSSR count). The Bertz CT molecular complexity index is 616. The highest BCUT2D eigenvalue weighted by Crippen LogP contribution is 2.33. The van der Waals surface area contributed by atoms with Crippen LogP contribution in [0, 0.1) is 0 Å². The van der Waals surface area contributed by atoms with Crippen LogP contribution in [0.2, 0.25) is 0 Å². The van der Waals surface area contributed by atoms with Gasteiger partial charge in [-0.05, 0) is 37.1 Å². The number of nitrogens with zero attached hydrogens (tertiary/aromatic N) is 1. The van der Waals surface area contributed by atoms with Crippen LogP contribution < -0.4 is 4.74 Å². The van der Waals surface area contributed by atoms with Crippen molar-refractivity contribution in [1.29, 1.82) is 0 Å². The smallest absolute Gasteiger partial charge is 0.416 e. The van der Waals surface area contributed by atoms with Gasteiger partial charge in [0.2, 0.25) is 0 Å². The summed E-state index contributed by atoms with van der Waals surface area (Å²) in [5.74, 6) is 0.583. The third-order valence-electron chi connectivity index (χ3n) is 3.32. The van der Waals surface area contributed by atoms with E-state index in [9.17, 15) is 13.2 Å². The zero-order valence-electron chi connectivity index (χ0n) is 12.0. The zero-order valence-corrected chi connectivity index (χ0v) is 13.6. The molecule has 1 aromatic carbocycles. The molecule has 0 radical (unpaired) electrons. The number of halogens is 4. The Hall–Kier alpha value is -1.30. The van der Waals surface area contributed by atoms with E-state index >= 15 is 0 Å². The van der Waals surface area contributed by atoms with Gasteiger partial charge in [-0.15, -0.1) is 0 Å². The van der Waals surface area contributed by atoms with Crippen LogP contribution >= 0.6 is 15.9 Å². The lowest BCUT2D eigenvalue weighted by Gasteiger charge is -2.11. The second kappa shape index (κ2) is 7.81. The highest BCUT2D eigenvalue weighted by atomic mass is 79.9. The van der Waals surface area contributed by atoms with E-state index in [2.05, 4.69) is 20.9 Å². The lowest BCUT2D eigenvalue weighted by Crippen LogP contribution is -2.05. The Morgan fingerprint density at radius 2 is 1.82 bits per heavy atom. The van der Waals surface area contributed by atoms with E-state index < -0.39 is 11.7 Å². The first-order chi connectivity index (χ1) is 10.5. The Balaban J connectivity index is 2.05. The normalized spacial score (nSPS) is 11.8. The first kappa shape index (κ1) is 17.1. The Kier molecular flexibility index (Phi) is 6.06. The third-order valence-corrected chi connectivity index (χ3v) is 3.88. The van der Waals surface area contributed by atoms with E-state index in [4.69, 9.17) is 4.74 Å². The van der Waals surface area contributed by atoms with Crippen LogP contribution in [0.5, 0.6) is 5.75 Å². The minimum Gasteiger partial charge on any atom is -0.493 e. The minimum atomic E-state index is -4.36. The maximum Gasteiger partial charge on any atom is 0.416 e. The predicted molar refractivity (Wildman–Crippen MR) is 84.5 cm³/mol. The van der Waals surface area contributed by atoms with E-state index in [0.717, 1.165) is 43.1 Å². The average Bonchev–Trinajstić information content (AvgIpc) is 2.49. The molecule has 0 N–H and O–H groups in total. The highest BCUT2D eigenvalue weighted by Gasteiger charge is 2.30. The van der Waals surface area contributed by atoms with Crippen molar-refractivity contribution in [3.8, 4) is 5.75 Å². The summed E-state index contributed by atoms with van der Waals surface area (Å²) in [5, 5.41) is 1.61. The van der Waals surface area contributed by atoms with Crippen molar-refractivity contribution in [1.82, 2.24) is 4.98 Å². The summed E-state index contributed by atoms with van der Waals surface area (Å²) in [5.41, 5.74) is -0.397. The molecular formula is C16H17BrF3NO. The van der Waals surface area contributed by atoms with E-state index in [1.54, 1.807) is 6.07 Å². The van der Waals surface area contributed by atoms with E-state index in [1.165, 1.54) is 12.3 Å². The van der Waals surface area contributed by atoms with Crippen LogP contribution in [0.4, 0.5) is 13.2 Å². The number of pyridine rings is 1. The molecule has 0 amide bonds. The van der Waals surface area contributed by atoms with Crippen molar-refractivity contribution in [2.24, 2.45) is 0 Å². The van der Waals surface area contributed by atoms with Crippen molar-refractivity contribution >= 4 is 26.8 Å². The monoisotopic (exact) mass is 375 g/mol. The average molecular weight is 376 g/mol. The third kappa shape index (κ3) is 4.60. The number of hydrogen-bond acceptors (Lipinski definition) is 2. The molecule has 1 aromatic heterocycles. The standard InChI is InChI=1S/C16H17BrF3NO/c17-8-3-1-2-4-10-22-15-7-9-21-14-11-12(16(18,19)20)5-6-13(14)15/h5-7,9,11H,1-4,8,10H2. The van der Waals surface area contributed by atoms with Gasteiger partial charge in [-0.2, -0.15) is 13.2 Å². The van der Waals surface area contributed by atoms with Crippen molar-refractivity contribution in [3.05, 3.63) is 36.0 Å². The lowest BCUT2D eigenvalue weighted by atomic mass is 10.1. The highest BCUT2D eigenvalue weighted by molar-refractivity contribution is 9.09. The molecule has 2 aromatic rings. The van der Waals surface area contributed by atoms with Crippen molar-refractivity contribution < 1.29 is 17.9 Å². The van der Waals surface area contributed by atoms with Gasteiger partial charge in [-0.25, -0.2) is 0 Å². The molecule has 0 aliphatic rings. The van der Waals surface area contributed by atoms with Crippen molar-refractivity contribution in [3.63, 3.8) is 0 Å². The number of fused-ring (bicyclic) bond motifs is 1. The Morgan fingerprint density at radius 3 is 2.55 bits per heavy atom. The molecule has 0 bridgehead atoms. The number of benzene rings is 1. The number of ether oxygens (including phenoxy) is 1. The fourth-order valence-corrected chi connectivity index (χ4v) is 2.55. The maximum atomic E-state index is 12.7. The Labute approximate surface area is 135 Å². The molecule has 0 atom stereocenters. The second-order valence-electron chi connectivity index (χ2n) is 4.99. The van der Waals surface area contributed by atoms with E-state index in [-0.39, 0.29) is 0 Å². The largest absolute Gasteiger partial charge is 0.493 e. The van der Waals surface area contributed by atoms with Crippen LogP contribution in [-0.4, -0.2) is 16.9 Å². The van der Waals surface area contributed by atoms with Gasteiger partial charge in [0.25, 0.3) is 0 Å². The molecule has 22 heavy (non-hydrogen) atoms. The van der Waals surface area contributed by atoms with Crippen LogP contribution in [0.25, 0.3) is 10.9 Å². The van der Waals surface area contributed by atoms with Crippen LogP contribution in [0.1, 0.15) is 31.2 Å². The number of rotatable bonds is 7. The minimum absolute atomic E-state index is 0.298. The molecule has 0 aliphatic carbocycles. The van der Waals surface area contributed by atoms with E-state index in [0.29, 0.717) is 23.3 Å². The summed E-state index contributed by atoms with van der Waals surface area (Å²) in [6.45, 7) is 0.558. The molecular weight excluding hydrogens is 359 g/mol. The van der Waals surface area contributed by atoms with Crippen LogP contribution in [-0.2, 0) is 6.18 Å². The molecule has 2 nitrogen and oxygen atoms in total. The van der Waals surface area contributed by atoms with Gasteiger partial charge >= 0.3 is 6.18 Å². The molecule has 0 saturated heterocycles. The fourth-order valence-electron chi connectivity index (χ4n) is 2.16. The molecule has 1 heterocycles. The topological polar surface area (TPSA) is 22.1 Å². The van der Waals surface area contributed by atoms with Gasteiger partial charge in [0.05, 0.1) is 17.7 Å². The summed E-state index contributed by atoms with van der Waals surface area (Å²) in [6.07, 6.45) is 1.40. The molecule has 0 unspecified atom stereocenters. The maximum absolute atomic E-state index is 12.7. The summed E-state index contributed by atoms with van der Waals surface area (Å²) in [7, 11) is 0. The molecule has 0 saturated carbocycles. The zero-order chi connectivity index (χ0) is 16.0. The number of aromatic nitrogens is 1. The van der Waals surface area contributed by atoms with Gasteiger partial charge in [0.15, 0.2) is 0 Å². The molecule has 6 heteroatoms. The number of alkyl halides is 4. The summed E-state index contributed by atoms with van der Waals surface area (Å²) < 4.78 is 43.8.